The molecular formula is C9H7ClN2O4S. The van der Waals surface area contributed by atoms with Gasteiger partial charge in [0.1, 0.15) is 0 Å². The van der Waals surface area contributed by atoms with Crippen molar-refractivity contribution in [1.29, 1.82) is 5.26 Å². The predicted molar refractivity (Wildman–Crippen MR) is 60.2 cm³/mol. The zero-order chi connectivity index (χ0) is 13.2. The van der Waals surface area contributed by atoms with E-state index in [4.69, 9.17) is 15.9 Å². The van der Waals surface area contributed by atoms with Crippen molar-refractivity contribution in [3.63, 3.8) is 0 Å². The van der Waals surface area contributed by atoms with Gasteiger partial charge in [-0.1, -0.05) is 6.92 Å². The van der Waals surface area contributed by atoms with Gasteiger partial charge in [-0.3, -0.25) is 10.1 Å². The van der Waals surface area contributed by atoms with Gasteiger partial charge >= 0.3 is 0 Å². The molecule has 17 heavy (non-hydrogen) atoms. The van der Waals surface area contributed by atoms with E-state index in [1.54, 1.807) is 13.0 Å². The van der Waals surface area contributed by atoms with Crippen LogP contribution in [0.15, 0.2) is 17.0 Å². The van der Waals surface area contributed by atoms with Crippen LogP contribution in [-0.4, -0.2) is 13.3 Å². The number of nitrogens with zero attached hydrogens (tertiary/aromatic N) is 2. The van der Waals surface area contributed by atoms with Gasteiger partial charge < -0.3 is 0 Å². The number of hydrogen-bond donors (Lipinski definition) is 0. The number of rotatable bonds is 3. The van der Waals surface area contributed by atoms with Crippen LogP contribution in [0.3, 0.4) is 0 Å². The lowest BCUT2D eigenvalue weighted by Crippen LogP contribution is -2.02. The third kappa shape index (κ3) is 2.72. The molecule has 0 saturated heterocycles. The molecule has 0 bridgehead atoms. The molecule has 0 aliphatic rings. The van der Waals surface area contributed by atoms with Gasteiger partial charge in [0.25, 0.3) is 14.7 Å². The van der Waals surface area contributed by atoms with E-state index in [-0.39, 0.29) is 5.56 Å². The molecule has 0 unspecified atom stereocenters. The number of halogens is 1. The Morgan fingerprint density at radius 1 is 1.53 bits per heavy atom. The SMILES string of the molecule is CCc1cc([N+](=O)[O-])c(S(=O)(=O)Cl)cc1C#N. The average Bonchev–Trinajstić information content (AvgIpc) is 2.25. The topological polar surface area (TPSA) is 101 Å². The average molecular weight is 275 g/mol. The van der Waals surface area contributed by atoms with E-state index >= 15 is 0 Å². The quantitative estimate of drug-likeness (QED) is 0.476. The van der Waals surface area contributed by atoms with E-state index in [9.17, 15) is 18.5 Å². The van der Waals surface area contributed by atoms with Gasteiger partial charge in [0.15, 0.2) is 4.90 Å². The maximum absolute atomic E-state index is 11.2. The van der Waals surface area contributed by atoms with Crippen LogP contribution in [0.4, 0.5) is 5.69 Å². The Balaban J connectivity index is 3.71. The van der Waals surface area contributed by atoms with Gasteiger partial charge in [-0.15, -0.1) is 0 Å². The Morgan fingerprint density at radius 2 is 2.12 bits per heavy atom. The van der Waals surface area contributed by atoms with Crippen LogP contribution in [0.5, 0.6) is 0 Å². The van der Waals surface area contributed by atoms with Gasteiger partial charge in [-0.25, -0.2) is 8.42 Å². The number of hydrogen-bond acceptors (Lipinski definition) is 5. The molecule has 1 aromatic rings. The van der Waals surface area contributed by atoms with Crippen molar-refractivity contribution in [3.05, 3.63) is 33.4 Å². The first-order chi connectivity index (χ1) is 7.81. The molecule has 0 atom stereocenters. The summed E-state index contributed by atoms with van der Waals surface area (Å²) in [5, 5.41) is 19.5. The monoisotopic (exact) mass is 274 g/mol. The van der Waals surface area contributed by atoms with Gasteiger partial charge in [0, 0.05) is 16.7 Å². The van der Waals surface area contributed by atoms with E-state index in [0.717, 1.165) is 12.1 Å². The van der Waals surface area contributed by atoms with Gasteiger partial charge in [-0.05, 0) is 18.1 Å². The lowest BCUT2D eigenvalue weighted by atomic mass is 10.1. The molecule has 0 aliphatic heterocycles. The highest BCUT2D eigenvalue weighted by atomic mass is 35.7. The molecule has 0 N–H and O–H groups in total. The summed E-state index contributed by atoms with van der Waals surface area (Å²) in [7, 11) is 0.834. The van der Waals surface area contributed by atoms with E-state index in [1.807, 2.05) is 0 Å². The van der Waals surface area contributed by atoms with E-state index in [0.29, 0.717) is 12.0 Å². The van der Waals surface area contributed by atoms with Crippen LogP contribution in [-0.2, 0) is 15.5 Å². The van der Waals surface area contributed by atoms with Crippen molar-refractivity contribution in [3.8, 4) is 6.07 Å². The lowest BCUT2D eigenvalue weighted by molar-refractivity contribution is -0.387. The zero-order valence-electron chi connectivity index (χ0n) is 8.68. The highest BCUT2D eigenvalue weighted by molar-refractivity contribution is 8.13. The standard InChI is InChI=1S/C9H7ClN2O4S/c1-2-6-3-8(12(13)14)9(17(10,15)16)4-7(6)5-11/h3-4H,2H2,1H3. The largest absolute Gasteiger partial charge is 0.289 e. The Labute approximate surface area is 102 Å². The normalized spacial score (nSPS) is 10.9. The Bertz CT molecular complexity index is 619. The molecule has 1 rings (SSSR count). The first-order valence-corrected chi connectivity index (χ1v) is 6.78. The lowest BCUT2D eigenvalue weighted by Gasteiger charge is -2.04. The third-order valence-electron chi connectivity index (χ3n) is 2.15. The minimum absolute atomic E-state index is 0.0670. The summed E-state index contributed by atoms with van der Waals surface area (Å²) in [6.07, 6.45) is 0.381. The van der Waals surface area contributed by atoms with Crippen molar-refractivity contribution in [1.82, 2.24) is 0 Å². The van der Waals surface area contributed by atoms with Crippen molar-refractivity contribution in [2.45, 2.75) is 18.2 Å². The molecule has 6 nitrogen and oxygen atoms in total. The first-order valence-electron chi connectivity index (χ1n) is 4.47. The summed E-state index contributed by atoms with van der Waals surface area (Å²) in [4.78, 5) is 9.24. The minimum Gasteiger partial charge on any atom is -0.258 e. The summed E-state index contributed by atoms with van der Waals surface area (Å²) >= 11 is 0. The molecule has 0 amide bonds. The Morgan fingerprint density at radius 3 is 2.47 bits per heavy atom. The number of benzene rings is 1. The fraction of sp³-hybridized carbons (Fsp3) is 0.222. The van der Waals surface area contributed by atoms with Crippen molar-refractivity contribution in [2.24, 2.45) is 0 Å². The molecule has 0 spiro atoms. The molecular weight excluding hydrogens is 268 g/mol. The molecule has 0 radical (unpaired) electrons. The molecule has 0 heterocycles. The summed E-state index contributed by atoms with van der Waals surface area (Å²) in [6, 6.07) is 3.77. The van der Waals surface area contributed by atoms with E-state index < -0.39 is 24.6 Å². The molecule has 1 aromatic carbocycles. The molecule has 0 aliphatic carbocycles. The van der Waals surface area contributed by atoms with Crippen LogP contribution < -0.4 is 0 Å². The number of nitriles is 1. The van der Waals surface area contributed by atoms with E-state index in [2.05, 4.69) is 0 Å². The van der Waals surface area contributed by atoms with Crippen LogP contribution in [0.25, 0.3) is 0 Å². The van der Waals surface area contributed by atoms with Crippen molar-refractivity contribution < 1.29 is 13.3 Å². The fourth-order valence-electron chi connectivity index (χ4n) is 1.35. The highest BCUT2D eigenvalue weighted by Gasteiger charge is 2.26. The second-order valence-electron chi connectivity index (χ2n) is 3.14. The highest BCUT2D eigenvalue weighted by Crippen LogP contribution is 2.30. The maximum Gasteiger partial charge on any atom is 0.289 e. The van der Waals surface area contributed by atoms with Crippen LogP contribution in [0.1, 0.15) is 18.1 Å². The number of aryl methyl sites for hydroxylation is 1. The van der Waals surface area contributed by atoms with Crippen LogP contribution in [0.2, 0.25) is 0 Å². The zero-order valence-corrected chi connectivity index (χ0v) is 10.2. The van der Waals surface area contributed by atoms with Crippen LogP contribution in [0, 0.1) is 21.4 Å². The summed E-state index contributed by atoms with van der Waals surface area (Å²) < 4.78 is 22.4. The Kier molecular flexibility index (Phi) is 3.70. The summed E-state index contributed by atoms with van der Waals surface area (Å²) in [5.74, 6) is 0. The molecule has 90 valence electrons. The summed E-state index contributed by atoms with van der Waals surface area (Å²) in [5.41, 5.74) is -0.142. The molecule has 0 saturated carbocycles. The minimum atomic E-state index is -4.26. The van der Waals surface area contributed by atoms with Gasteiger partial charge in [-0.2, -0.15) is 5.26 Å². The summed E-state index contributed by atoms with van der Waals surface area (Å²) in [6.45, 7) is 1.70. The second-order valence-corrected chi connectivity index (χ2v) is 5.67. The maximum atomic E-state index is 11.2. The molecule has 0 fully saturated rings. The molecule has 8 heteroatoms. The number of nitro benzene ring substituents is 1. The second kappa shape index (κ2) is 4.69. The third-order valence-corrected chi connectivity index (χ3v) is 3.50. The Hall–Kier alpha value is -1.65. The number of nitro groups is 1. The van der Waals surface area contributed by atoms with Crippen molar-refractivity contribution >= 4 is 25.4 Å². The van der Waals surface area contributed by atoms with Crippen LogP contribution >= 0.6 is 10.7 Å². The van der Waals surface area contributed by atoms with Gasteiger partial charge in [0.05, 0.1) is 16.6 Å². The fourth-order valence-corrected chi connectivity index (χ4v) is 2.36. The molecule has 0 aromatic heterocycles. The smallest absolute Gasteiger partial charge is 0.258 e. The first kappa shape index (κ1) is 13.4. The predicted octanol–water partition coefficient (Wildman–Crippen LogP) is 1.96. The van der Waals surface area contributed by atoms with E-state index in [1.165, 1.54) is 0 Å². The van der Waals surface area contributed by atoms with Gasteiger partial charge in [0.2, 0.25) is 0 Å². The van der Waals surface area contributed by atoms with Crippen molar-refractivity contribution in [2.75, 3.05) is 0 Å².